The van der Waals surface area contributed by atoms with Gasteiger partial charge in [-0.1, -0.05) is 36.4 Å². The molecule has 3 nitrogen and oxygen atoms in total. The molecular formula is C14H17N3. The van der Waals surface area contributed by atoms with E-state index in [1.165, 1.54) is 5.56 Å². The van der Waals surface area contributed by atoms with Crippen molar-refractivity contribution in [3.8, 4) is 0 Å². The van der Waals surface area contributed by atoms with E-state index in [2.05, 4.69) is 22.4 Å². The van der Waals surface area contributed by atoms with Gasteiger partial charge in [0.15, 0.2) is 0 Å². The summed E-state index contributed by atoms with van der Waals surface area (Å²) in [6.07, 6.45) is 1.85. The van der Waals surface area contributed by atoms with E-state index in [0.29, 0.717) is 6.54 Å². The Kier molecular flexibility index (Phi) is 3.73. The van der Waals surface area contributed by atoms with Crippen LogP contribution in [0.1, 0.15) is 17.2 Å². The lowest BCUT2D eigenvalue weighted by Gasteiger charge is -2.17. The molecule has 0 saturated carbocycles. The van der Waals surface area contributed by atoms with Crippen LogP contribution in [-0.4, -0.2) is 11.5 Å². The molecule has 2 aromatic rings. The number of rotatable bonds is 4. The Labute approximate surface area is 102 Å². The fraction of sp³-hybridized carbons (Fsp3) is 0.214. The Hall–Kier alpha value is -1.87. The van der Waals surface area contributed by atoms with E-state index in [1.54, 1.807) is 0 Å². The van der Waals surface area contributed by atoms with Crippen LogP contribution in [0.4, 0.5) is 5.82 Å². The largest absolute Gasteiger partial charge is 0.362 e. The number of pyridine rings is 1. The van der Waals surface area contributed by atoms with Gasteiger partial charge in [-0.15, -0.1) is 0 Å². The van der Waals surface area contributed by atoms with E-state index in [4.69, 9.17) is 5.73 Å². The molecule has 1 heterocycles. The molecule has 0 fully saturated rings. The molecule has 1 aromatic carbocycles. The Morgan fingerprint density at radius 1 is 1.18 bits per heavy atom. The minimum atomic E-state index is 0.103. The molecule has 0 bridgehead atoms. The van der Waals surface area contributed by atoms with Crippen LogP contribution in [0.2, 0.25) is 0 Å². The number of aryl methyl sites for hydroxylation is 1. The summed E-state index contributed by atoms with van der Waals surface area (Å²) in [6, 6.07) is 14.3. The highest BCUT2D eigenvalue weighted by Crippen LogP contribution is 2.16. The van der Waals surface area contributed by atoms with Gasteiger partial charge in [-0.3, -0.25) is 0 Å². The normalized spacial score (nSPS) is 12.1. The van der Waals surface area contributed by atoms with Crippen LogP contribution in [0.3, 0.4) is 0 Å². The van der Waals surface area contributed by atoms with Gasteiger partial charge >= 0.3 is 0 Å². The summed E-state index contributed by atoms with van der Waals surface area (Å²) in [6.45, 7) is 2.56. The summed E-state index contributed by atoms with van der Waals surface area (Å²) in [5.41, 5.74) is 8.12. The first-order valence-corrected chi connectivity index (χ1v) is 5.74. The average molecular weight is 227 g/mol. The molecule has 17 heavy (non-hydrogen) atoms. The van der Waals surface area contributed by atoms with Crippen molar-refractivity contribution in [2.45, 2.75) is 13.0 Å². The summed E-state index contributed by atoms with van der Waals surface area (Å²) in [5, 5.41) is 3.34. The number of hydrogen-bond donors (Lipinski definition) is 2. The highest BCUT2D eigenvalue weighted by molar-refractivity contribution is 5.39. The zero-order valence-corrected chi connectivity index (χ0v) is 9.93. The Morgan fingerprint density at radius 2 is 1.94 bits per heavy atom. The molecule has 88 valence electrons. The number of hydrogen-bond acceptors (Lipinski definition) is 3. The summed E-state index contributed by atoms with van der Waals surface area (Å²) >= 11 is 0. The minimum Gasteiger partial charge on any atom is -0.362 e. The quantitative estimate of drug-likeness (QED) is 0.843. The van der Waals surface area contributed by atoms with Gasteiger partial charge in [0.2, 0.25) is 0 Å². The predicted octanol–water partition coefficient (Wildman–Crippen LogP) is 2.50. The van der Waals surface area contributed by atoms with Gasteiger partial charge in [0.05, 0.1) is 6.04 Å². The van der Waals surface area contributed by atoms with E-state index in [9.17, 15) is 0 Å². The number of nitrogens with one attached hydrogen (secondary N) is 1. The monoisotopic (exact) mass is 227 g/mol. The van der Waals surface area contributed by atoms with Crippen molar-refractivity contribution in [3.63, 3.8) is 0 Å². The van der Waals surface area contributed by atoms with E-state index >= 15 is 0 Å². The lowest BCUT2D eigenvalue weighted by Crippen LogP contribution is -2.20. The number of anilines is 1. The maximum Gasteiger partial charge on any atom is 0.126 e. The molecule has 0 amide bonds. The number of benzene rings is 1. The molecule has 3 heteroatoms. The van der Waals surface area contributed by atoms with Crippen LogP contribution >= 0.6 is 0 Å². The van der Waals surface area contributed by atoms with Crippen molar-refractivity contribution < 1.29 is 0 Å². The first-order chi connectivity index (χ1) is 8.29. The molecule has 0 aliphatic rings. The molecule has 0 saturated heterocycles. The minimum absolute atomic E-state index is 0.103. The maximum atomic E-state index is 5.79. The van der Waals surface area contributed by atoms with Crippen molar-refractivity contribution in [1.29, 1.82) is 0 Å². The van der Waals surface area contributed by atoms with Crippen molar-refractivity contribution in [1.82, 2.24) is 4.98 Å². The lowest BCUT2D eigenvalue weighted by molar-refractivity contribution is 0.784. The number of nitrogens with two attached hydrogens (primary N) is 1. The van der Waals surface area contributed by atoms with Gasteiger partial charge < -0.3 is 11.1 Å². The van der Waals surface area contributed by atoms with Gasteiger partial charge in [-0.2, -0.15) is 0 Å². The Balaban J connectivity index is 2.13. The van der Waals surface area contributed by atoms with Crippen molar-refractivity contribution in [2.75, 3.05) is 11.9 Å². The summed E-state index contributed by atoms with van der Waals surface area (Å²) in [7, 11) is 0. The molecule has 1 atom stereocenters. The fourth-order valence-corrected chi connectivity index (χ4v) is 1.70. The van der Waals surface area contributed by atoms with Gasteiger partial charge in [0, 0.05) is 12.7 Å². The number of nitrogens with zero attached hydrogens (tertiary/aromatic N) is 1. The van der Waals surface area contributed by atoms with Crippen molar-refractivity contribution in [2.24, 2.45) is 5.73 Å². The van der Waals surface area contributed by atoms with Crippen LogP contribution in [0.25, 0.3) is 0 Å². The lowest BCUT2D eigenvalue weighted by atomic mass is 10.1. The van der Waals surface area contributed by atoms with Gasteiger partial charge in [0.1, 0.15) is 5.82 Å². The Morgan fingerprint density at radius 3 is 2.53 bits per heavy atom. The topological polar surface area (TPSA) is 50.9 Å². The van der Waals surface area contributed by atoms with Crippen LogP contribution in [0.15, 0.2) is 48.7 Å². The number of aromatic nitrogens is 1. The predicted molar refractivity (Wildman–Crippen MR) is 70.8 cm³/mol. The summed E-state index contributed by atoms with van der Waals surface area (Å²) in [5.74, 6) is 0.856. The molecule has 0 aliphatic heterocycles. The zero-order valence-electron chi connectivity index (χ0n) is 9.93. The van der Waals surface area contributed by atoms with Crippen molar-refractivity contribution in [3.05, 3.63) is 59.8 Å². The maximum absolute atomic E-state index is 5.79. The second-order valence-corrected chi connectivity index (χ2v) is 4.06. The summed E-state index contributed by atoms with van der Waals surface area (Å²) in [4.78, 5) is 4.32. The molecular weight excluding hydrogens is 210 g/mol. The van der Waals surface area contributed by atoms with Crippen LogP contribution in [0, 0.1) is 6.92 Å². The molecule has 1 aromatic heterocycles. The first-order valence-electron chi connectivity index (χ1n) is 5.74. The second kappa shape index (κ2) is 5.46. The molecule has 0 aliphatic carbocycles. The standard InChI is InChI=1S/C14H17N3/c1-11-7-8-14(16-10-11)17-13(9-15)12-5-3-2-4-6-12/h2-8,10,13H,9,15H2,1H3,(H,16,17). The third-order valence-electron chi connectivity index (χ3n) is 2.67. The third-order valence-corrected chi connectivity index (χ3v) is 2.67. The molecule has 0 spiro atoms. The fourth-order valence-electron chi connectivity index (χ4n) is 1.70. The van der Waals surface area contributed by atoms with Gasteiger partial charge in [-0.25, -0.2) is 4.98 Å². The van der Waals surface area contributed by atoms with E-state index in [1.807, 2.05) is 43.5 Å². The van der Waals surface area contributed by atoms with Crippen LogP contribution in [-0.2, 0) is 0 Å². The second-order valence-electron chi connectivity index (χ2n) is 4.06. The van der Waals surface area contributed by atoms with Gasteiger partial charge in [0.25, 0.3) is 0 Å². The van der Waals surface area contributed by atoms with Gasteiger partial charge in [-0.05, 0) is 24.1 Å². The Bertz CT molecular complexity index is 451. The van der Waals surface area contributed by atoms with Crippen LogP contribution in [0.5, 0.6) is 0 Å². The molecule has 3 N–H and O–H groups in total. The third kappa shape index (κ3) is 3.04. The SMILES string of the molecule is Cc1ccc(NC(CN)c2ccccc2)nc1. The molecule has 0 radical (unpaired) electrons. The zero-order chi connectivity index (χ0) is 12.1. The molecule has 1 unspecified atom stereocenters. The van der Waals surface area contributed by atoms with E-state index in [-0.39, 0.29) is 6.04 Å². The van der Waals surface area contributed by atoms with Crippen molar-refractivity contribution >= 4 is 5.82 Å². The smallest absolute Gasteiger partial charge is 0.126 e. The first kappa shape index (κ1) is 11.6. The van der Waals surface area contributed by atoms with E-state index < -0.39 is 0 Å². The summed E-state index contributed by atoms with van der Waals surface area (Å²) < 4.78 is 0. The van der Waals surface area contributed by atoms with E-state index in [0.717, 1.165) is 11.4 Å². The highest BCUT2D eigenvalue weighted by Gasteiger charge is 2.08. The highest BCUT2D eigenvalue weighted by atomic mass is 15.0. The van der Waals surface area contributed by atoms with Crippen LogP contribution < -0.4 is 11.1 Å². The molecule has 2 rings (SSSR count). The average Bonchev–Trinajstić information content (AvgIpc) is 2.39.